The summed E-state index contributed by atoms with van der Waals surface area (Å²) in [4.78, 5) is 11.0. The predicted molar refractivity (Wildman–Crippen MR) is 136 cm³/mol. The Kier molecular flexibility index (Phi) is 8.08. The number of aromatic nitrogens is 2. The number of ether oxygens (including phenoxy) is 1. The molecular weight excluding hydrogens is 507 g/mol. The van der Waals surface area contributed by atoms with Crippen LogP contribution in [0, 0.1) is 11.8 Å². The Morgan fingerprint density at radius 2 is 1.65 bits per heavy atom. The van der Waals surface area contributed by atoms with Crippen LogP contribution in [-0.2, 0) is 10.0 Å². The molecule has 1 aliphatic carbocycles. The van der Waals surface area contributed by atoms with Gasteiger partial charge >= 0.3 is 6.36 Å². The van der Waals surface area contributed by atoms with E-state index in [4.69, 9.17) is 0 Å². The molecule has 1 aliphatic rings. The molecule has 0 spiro atoms. The van der Waals surface area contributed by atoms with E-state index in [0.29, 0.717) is 11.9 Å². The third kappa shape index (κ3) is 7.22. The van der Waals surface area contributed by atoms with E-state index in [2.05, 4.69) is 24.7 Å². The third-order valence-corrected chi connectivity index (χ3v) is 7.85. The normalized spacial score (nSPS) is 18.5. The molecule has 1 fully saturated rings. The van der Waals surface area contributed by atoms with E-state index in [1.165, 1.54) is 12.1 Å². The molecule has 200 valence electrons. The fourth-order valence-corrected chi connectivity index (χ4v) is 5.66. The maximum Gasteiger partial charge on any atom is 0.573 e. The quantitative estimate of drug-likeness (QED) is 0.405. The first-order valence-electron chi connectivity index (χ1n) is 12.0. The van der Waals surface area contributed by atoms with Gasteiger partial charge in [0.25, 0.3) is 0 Å². The van der Waals surface area contributed by atoms with Crippen LogP contribution in [0.2, 0.25) is 0 Å². The molecule has 0 atom stereocenters. The monoisotopic (exact) mass is 537 g/mol. The van der Waals surface area contributed by atoms with Crippen LogP contribution in [-0.4, -0.2) is 51.9 Å². The van der Waals surface area contributed by atoms with Crippen molar-refractivity contribution < 1.29 is 26.3 Å². The summed E-state index contributed by atoms with van der Waals surface area (Å²) in [6.45, 7) is 0.947. The minimum Gasteiger partial charge on any atom is -0.406 e. The number of nitrogens with one attached hydrogen (secondary N) is 2. The Morgan fingerprint density at radius 1 is 0.973 bits per heavy atom. The number of hydrogen-bond acceptors (Lipinski definition) is 7. The van der Waals surface area contributed by atoms with E-state index < -0.39 is 22.1 Å². The fourth-order valence-electron chi connectivity index (χ4n) is 4.50. The largest absolute Gasteiger partial charge is 0.573 e. The van der Waals surface area contributed by atoms with Gasteiger partial charge in [-0.1, -0.05) is 18.2 Å². The number of sulfonamides is 1. The van der Waals surface area contributed by atoms with Crippen molar-refractivity contribution in [3.63, 3.8) is 0 Å². The van der Waals surface area contributed by atoms with Crippen molar-refractivity contribution in [3.05, 3.63) is 48.5 Å². The second kappa shape index (κ2) is 11.1. The summed E-state index contributed by atoms with van der Waals surface area (Å²) in [5.41, 5.74) is 0.871. The molecule has 8 nitrogen and oxygen atoms in total. The fraction of sp³-hybridized carbons (Fsp3) is 0.440. The minimum atomic E-state index is -4.89. The molecule has 37 heavy (non-hydrogen) atoms. The second-order valence-electron chi connectivity index (χ2n) is 9.42. The van der Waals surface area contributed by atoms with Crippen molar-refractivity contribution >= 4 is 32.7 Å². The molecular formula is C25H30F3N5O3S. The zero-order valence-electron chi connectivity index (χ0n) is 20.6. The molecule has 1 saturated carbocycles. The molecule has 0 aliphatic heterocycles. The van der Waals surface area contributed by atoms with Gasteiger partial charge in [-0.25, -0.2) is 18.1 Å². The van der Waals surface area contributed by atoms with Crippen LogP contribution in [0.25, 0.3) is 10.9 Å². The number of rotatable bonds is 9. The summed E-state index contributed by atoms with van der Waals surface area (Å²) in [7, 11) is -0.0658. The van der Waals surface area contributed by atoms with Crippen LogP contribution in [0.5, 0.6) is 5.75 Å². The predicted octanol–water partition coefficient (Wildman–Crippen LogP) is 4.79. The summed E-state index contributed by atoms with van der Waals surface area (Å²) in [5, 5.41) is 4.35. The van der Waals surface area contributed by atoms with Crippen LogP contribution in [0.1, 0.15) is 25.7 Å². The maximum atomic E-state index is 12.6. The van der Waals surface area contributed by atoms with Crippen LogP contribution < -0.4 is 19.7 Å². The number of hydrogen-bond donors (Lipinski definition) is 2. The molecule has 3 aromatic rings. The van der Waals surface area contributed by atoms with Gasteiger partial charge in [0.05, 0.1) is 10.4 Å². The molecule has 0 amide bonds. The smallest absolute Gasteiger partial charge is 0.406 e. The van der Waals surface area contributed by atoms with Crippen molar-refractivity contribution in [3.8, 4) is 5.75 Å². The molecule has 1 aromatic heterocycles. The van der Waals surface area contributed by atoms with Crippen molar-refractivity contribution in [2.24, 2.45) is 11.8 Å². The Balaban J connectivity index is 1.28. The lowest BCUT2D eigenvalue weighted by Gasteiger charge is -2.28. The minimum absolute atomic E-state index is 0.151. The highest BCUT2D eigenvalue weighted by atomic mass is 32.2. The van der Waals surface area contributed by atoms with Crippen LogP contribution in [0.15, 0.2) is 53.4 Å². The van der Waals surface area contributed by atoms with Gasteiger partial charge in [-0.15, -0.1) is 13.2 Å². The zero-order chi connectivity index (χ0) is 26.6. The van der Waals surface area contributed by atoms with Gasteiger partial charge in [-0.05, 0) is 61.8 Å². The number of fused-ring (bicyclic) bond motifs is 1. The SMILES string of the molecule is CN(C)c1nc(NCC2CCC(CNS(=O)(=O)c3cccc(OC(F)(F)F)c3)CC2)nc2ccccc12. The Morgan fingerprint density at radius 3 is 2.32 bits per heavy atom. The molecule has 0 radical (unpaired) electrons. The van der Waals surface area contributed by atoms with Crippen molar-refractivity contribution in [1.29, 1.82) is 0 Å². The average Bonchev–Trinajstić information content (AvgIpc) is 2.85. The summed E-state index contributed by atoms with van der Waals surface area (Å²) in [6.07, 6.45) is -1.37. The number of para-hydroxylation sites is 1. The topological polar surface area (TPSA) is 96.5 Å². The lowest BCUT2D eigenvalue weighted by Crippen LogP contribution is -2.32. The van der Waals surface area contributed by atoms with Gasteiger partial charge in [0.15, 0.2) is 0 Å². The van der Waals surface area contributed by atoms with E-state index in [1.807, 2.05) is 43.3 Å². The highest BCUT2D eigenvalue weighted by molar-refractivity contribution is 7.89. The van der Waals surface area contributed by atoms with Gasteiger partial charge in [0.2, 0.25) is 16.0 Å². The summed E-state index contributed by atoms with van der Waals surface area (Å²) < 4.78 is 68.9. The van der Waals surface area contributed by atoms with Gasteiger partial charge in [-0.3, -0.25) is 0 Å². The summed E-state index contributed by atoms with van der Waals surface area (Å²) in [6, 6.07) is 12.3. The molecule has 2 aromatic carbocycles. The first kappa shape index (κ1) is 26.9. The van der Waals surface area contributed by atoms with Crippen LogP contribution in [0.4, 0.5) is 24.9 Å². The van der Waals surface area contributed by atoms with Crippen molar-refractivity contribution in [2.75, 3.05) is 37.4 Å². The first-order valence-corrected chi connectivity index (χ1v) is 13.5. The van der Waals surface area contributed by atoms with Crippen LogP contribution in [0.3, 0.4) is 0 Å². The molecule has 0 saturated heterocycles. The molecule has 0 bridgehead atoms. The summed E-state index contributed by atoms with van der Waals surface area (Å²) >= 11 is 0. The highest BCUT2D eigenvalue weighted by Gasteiger charge is 2.31. The Labute approximate surface area is 214 Å². The van der Waals surface area contributed by atoms with Crippen LogP contribution >= 0.6 is 0 Å². The third-order valence-electron chi connectivity index (χ3n) is 6.43. The maximum absolute atomic E-state index is 12.6. The standard InChI is InChI=1S/C25H30F3N5O3S/c1-33(2)23-21-8-3-4-9-22(21)31-24(32-23)29-15-17-10-12-18(13-11-17)16-30-37(34,35)20-7-5-6-19(14-20)36-25(26,27)28/h3-9,14,17-18,30H,10-13,15-16H2,1-2H3,(H,29,31,32). The lowest BCUT2D eigenvalue weighted by atomic mass is 9.82. The first-order chi connectivity index (χ1) is 17.5. The zero-order valence-corrected chi connectivity index (χ0v) is 21.4. The van der Waals surface area contributed by atoms with E-state index in [9.17, 15) is 21.6 Å². The average molecular weight is 538 g/mol. The van der Waals surface area contributed by atoms with E-state index in [-0.39, 0.29) is 17.4 Å². The number of alkyl halides is 3. The summed E-state index contributed by atoms with van der Waals surface area (Å²) in [5.74, 6) is 1.41. The lowest BCUT2D eigenvalue weighted by molar-refractivity contribution is -0.274. The molecule has 12 heteroatoms. The molecule has 4 rings (SSSR count). The van der Waals surface area contributed by atoms with E-state index in [1.54, 1.807) is 0 Å². The molecule has 0 unspecified atom stereocenters. The molecule has 1 heterocycles. The van der Waals surface area contributed by atoms with Gasteiger partial charge in [-0.2, -0.15) is 4.98 Å². The Hall–Kier alpha value is -3.12. The van der Waals surface area contributed by atoms with Crippen molar-refractivity contribution in [2.45, 2.75) is 36.9 Å². The van der Waals surface area contributed by atoms with E-state index in [0.717, 1.165) is 61.1 Å². The van der Waals surface area contributed by atoms with Gasteiger partial charge in [0.1, 0.15) is 11.6 Å². The van der Waals surface area contributed by atoms with Gasteiger partial charge < -0.3 is 15.0 Å². The number of anilines is 2. The Bertz CT molecular complexity index is 1330. The molecule has 2 N–H and O–H groups in total. The van der Waals surface area contributed by atoms with Gasteiger partial charge in [0, 0.05) is 38.6 Å². The second-order valence-corrected chi connectivity index (χ2v) is 11.2. The number of benzene rings is 2. The highest BCUT2D eigenvalue weighted by Crippen LogP contribution is 2.30. The number of halogens is 3. The van der Waals surface area contributed by atoms with E-state index >= 15 is 0 Å². The van der Waals surface area contributed by atoms with Crippen molar-refractivity contribution in [1.82, 2.24) is 14.7 Å². The number of nitrogens with zero attached hydrogens (tertiary/aromatic N) is 3.